The molecule has 0 spiro atoms. The zero-order chi connectivity index (χ0) is 21.3. The lowest BCUT2D eigenvalue weighted by molar-refractivity contribution is -0.129. The number of carbonyl (C=O) groups is 2. The van der Waals surface area contributed by atoms with Crippen LogP contribution in [0.4, 0.5) is 0 Å². The van der Waals surface area contributed by atoms with E-state index in [1.165, 1.54) is 28.4 Å². The number of Topliss-reactive ketones (excluding diaryl/α,β-unsaturated/α-hetero) is 1. The summed E-state index contributed by atoms with van der Waals surface area (Å²) >= 11 is 7.28. The predicted molar refractivity (Wildman–Crippen MR) is 110 cm³/mol. The maximum absolute atomic E-state index is 13.3. The molecule has 154 valence electrons. The summed E-state index contributed by atoms with van der Waals surface area (Å²) in [7, 11) is 1.56. The maximum atomic E-state index is 13.3. The van der Waals surface area contributed by atoms with E-state index in [1.54, 1.807) is 27.0 Å². The molecule has 1 atom stereocenters. The Hall–Kier alpha value is -2.42. The number of phenols is 1. The van der Waals surface area contributed by atoms with Crippen LogP contribution in [-0.2, 0) is 9.53 Å². The SMILES string of the molecule is COCCCN1C(=O)C(O)=C(C(=O)c2sc(C)nc2C)C1c1ccc(O)c(Cl)c1. The number of carbonyl (C=O) groups excluding carboxylic acids is 2. The van der Waals surface area contributed by atoms with E-state index in [4.69, 9.17) is 16.3 Å². The molecule has 0 radical (unpaired) electrons. The number of thiazole rings is 1. The Kier molecular flexibility index (Phi) is 6.26. The van der Waals surface area contributed by atoms with Crippen molar-refractivity contribution in [1.82, 2.24) is 9.88 Å². The lowest BCUT2D eigenvalue weighted by Crippen LogP contribution is -2.32. The van der Waals surface area contributed by atoms with Crippen molar-refractivity contribution in [2.24, 2.45) is 0 Å². The van der Waals surface area contributed by atoms with Gasteiger partial charge < -0.3 is 19.8 Å². The number of benzene rings is 1. The van der Waals surface area contributed by atoms with Crippen molar-refractivity contribution in [1.29, 1.82) is 0 Å². The number of nitrogens with zero attached hydrogens (tertiary/aromatic N) is 2. The number of amides is 1. The number of ether oxygens (including phenoxy) is 1. The Balaban J connectivity index is 2.09. The van der Waals surface area contributed by atoms with E-state index in [0.717, 1.165) is 5.01 Å². The topological polar surface area (TPSA) is 100.0 Å². The summed E-state index contributed by atoms with van der Waals surface area (Å²) in [6, 6.07) is 3.65. The van der Waals surface area contributed by atoms with Crippen LogP contribution in [0.2, 0.25) is 5.02 Å². The van der Waals surface area contributed by atoms with Gasteiger partial charge in [-0.15, -0.1) is 11.3 Å². The molecule has 1 amide bonds. The largest absolute Gasteiger partial charge is 0.506 e. The Morgan fingerprint density at radius 2 is 2.07 bits per heavy atom. The Morgan fingerprint density at radius 3 is 2.66 bits per heavy atom. The molecule has 1 aliphatic rings. The third-order valence-electron chi connectivity index (χ3n) is 4.69. The number of ketones is 1. The Bertz CT molecular complexity index is 1000. The molecule has 0 fully saturated rings. The van der Waals surface area contributed by atoms with Gasteiger partial charge in [0.05, 0.1) is 32.2 Å². The first kappa shape index (κ1) is 21.3. The molecule has 2 N–H and O–H groups in total. The van der Waals surface area contributed by atoms with Crippen LogP contribution in [0.15, 0.2) is 29.5 Å². The summed E-state index contributed by atoms with van der Waals surface area (Å²) in [6.45, 7) is 4.20. The van der Waals surface area contributed by atoms with E-state index in [9.17, 15) is 19.8 Å². The summed E-state index contributed by atoms with van der Waals surface area (Å²) in [5.41, 5.74) is 1.05. The molecule has 1 aromatic carbocycles. The monoisotopic (exact) mass is 436 g/mol. The maximum Gasteiger partial charge on any atom is 0.290 e. The van der Waals surface area contributed by atoms with Crippen LogP contribution in [0.5, 0.6) is 5.75 Å². The van der Waals surface area contributed by atoms with E-state index in [2.05, 4.69) is 4.98 Å². The quantitative estimate of drug-likeness (QED) is 0.506. The van der Waals surface area contributed by atoms with E-state index < -0.39 is 23.5 Å². The third kappa shape index (κ3) is 4.01. The van der Waals surface area contributed by atoms with Gasteiger partial charge in [-0.1, -0.05) is 17.7 Å². The van der Waals surface area contributed by atoms with E-state index in [0.29, 0.717) is 29.2 Å². The van der Waals surface area contributed by atoms with Gasteiger partial charge in [0.2, 0.25) is 5.78 Å². The van der Waals surface area contributed by atoms with Crippen molar-refractivity contribution in [3.63, 3.8) is 0 Å². The number of aromatic nitrogens is 1. The van der Waals surface area contributed by atoms with Crippen LogP contribution in [0, 0.1) is 13.8 Å². The molecule has 29 heavy (non-hydrogen) atoms. The minimum atomic E-state index is -0.827. The lowest BCUT2D eigenvalue weighted by Gasteiger charge is -2.27. The first-order valence-corrected chi connectivity index (χ1v) is 10.2. The second-order valence-corrected chi connectivity index (χ2v) is 8.31. The number of methoxy groups -OCH3 is 1. The average molecular weight is 437 g/mol. The number of aliphatic hydroxyl groups excluding tert-OH is 1. The number of aromatic hydroxyl groups is 1. The number of phenolic OH excluding ortho intramolecular Hbond substituents is 1. The second-order valence-electron chi connectivity index (χ2n) is 6.70. The summed E-state index contributed by atoms with van der Waals surface area (Å²) in [6.07, 6.45) is 0.526. The molecular formula is C20H21ClN2O5S. The molecule has 0 saturated heterocycles. The van der Waals surface area contributed by atoms with Gasteiger partial charge in [-0.2, -0.15) is 0 Å². The van der Waals surface area contributed by atoms with Gasteiger partial charge in [0.1, 0.15) is 5.75 Å². The molecule has 1 aliphatic heterocycles. The second kappa shape index (κ2) is 8.52. The number of halogens is 1. The number of rotatable bonds is 7. The number of hydrogen-bond acceptors (Lipinski definition) is 7. The first-order valence-electron chi connectivity index (χ1n) is 8.96. The average Bonchev–Trinajstić information content (AvgIpc) is 3.14. The summed E-state index contributed by atoms with van der Waals surface area (Å²) < 4.78 is 5.06. The molecule has 1 unspecified atom stereocenters. The van der Waals surface area contributed by atoms with Crippen molar-refractivity contribution < 1.29 is 24.5 Å². The lowest BCUT2D eigenvalue weighted by atomic mass is 9.95. The van der Waals surface area contributed by atoms with Crippen LogP contribution in [-0.4, -0.2) is 52.0 Å². The Labute approximate surface area is 177 Å². The zero-order valence-corrected chi connectivity index (χ0v) is 17.8. The van der Waals surface area contributed by atoms with Crippen LogP contribution in [0.1, 0.15) is 38.4 Å². The molecule has 0 saturated carbocycles. The smallest absolute Gasteiger partial charge is 0.290 e. The minimum absolute atomic E-state index is 0.0130. The minimum Gasteiger partial charge on any atom is -0.506 e. The van der Waals surface area contributed by atoms with Gasteiger partial charge >= 0.3 is 0 Å². The highest BCUT2D eigenvalue weighted by Gasteiger charge is 2.44. The highest BCUT2D eigenvalue weighted by Crippen LogP contribution is 2.41. The molecule has 7 nitrogen and oxygen atoms in total. The van der Waals surface area contributed by atoms with Crippen molar-refractivity contribution in [3.05, 3.63) is 55.7 Å². The standard InChI is InChI=1S/C20H21ClN2O5S/c1-10-19(29-11(2)22-10)17(25)15-16(12-5-6-14(24)13(21)9-12)23(7-4-8-28-3)20(27)18(15)26/h5-6,9,16,24,26H,4,7-8H2,1-3H3. The first-order chi connectivity index (χ1) is 13.8. The predicted octanol–water partition coefficient (Wildman–Crippen LogP) is 3.73. The van der Waals surface area contributed by atoms with Crippen LogP contribution in [0.3, 0.4) is 0 Å². The molecule has 0 aliphatic carbocycles. The fourth-order valence-electron chi connectivity index (χ4n) is 3.40. The van der Waals surface area contributed by atoms with Gasteiger partial charge in [-0.3, -0.25) is 9.59 Å². The van der Waals surface area contributed by atoms with Gasteiger partial charge in [0.25, 0.3) is 5.91 Å². The number of hydrogen-bond donors (Lipinski definition) is 2. The summed E-state index contributed by atoms with van der Waals surface area (Å²) in [5, 5.41) is 21.2. The number of aliphatic hydroxyl groups is 1. The molecule has 2 aromatic rings. The summed E-state index contributed by atoms with van der Waals surface area (Å²) in [5.74, 6) is -1.76. The fourth-order valence-corrected chi connectivity index (χ4v) is 4.46. The van der Waals surface area contributed by atoms with E-state index >= 15 is 0 Å². The van der Waals surface area contributed by atoms with Gasteiger partial charge in [-0.25, -0.2) is 4.98 Å². The van der Waals surface area contributed by atoms with Crippen molar-refractivity contribution in [2.75, 3.05) is 20.3 Å². The molecule has 1 aromatic heterocycles. The molecular weight excluding hydrogens is 416 g/mol. The molecule has 0 bridgehead atoms. The van der Waals surface area contributed by atoms with Crippen molar-refractivity contribution in [3.8, 4) is 5.75 Å². The molecule has 2 heterocycles. The van der Waals surface area contributed by atoms with Crippen LogP contribution < -0.4 is 0 Å². The van der Waals surface area contributed by atoms with Gasteiger partial charge in [0, 0.05) is 20.3 Å². The van der Waals surface area contributed by atoms with E-state index in [-0.39, 0.29) is 22.9 Å². The fraction of sp³-hybridized carbons (Fsp3) is 0.350. The molecule has 3 rings (SSSR count). The van der Waals surface area contributed by atoms with Crippen molar-refractivity contribution >= 4 is 34.6 Å². The normalized spacial score (nSPS) is 16.8. The molecule has 9 heteroatoms. The highest BCUT2D eigenvalue weighted by molar-refractivity contribution is 7.14. The summed E-state index contributed by atoms with van der Waals surface area (Å²) in [4.78, 5) is 32.2. The number of aryl methyl sites for hydroxylation is 2. The van der Waals surface area contributed by atoms with E-state index in [1.807, 2.05) is 0 Å². The highest BCUT2D eigenvalue weighted by atomic mass is 35.5. The van der Waals surface area contributed by atoms with Crippen molar-refractivity contribution in [2.45, 2.75) is 26.3 Å². The third-order valence-corrected chi connectivity index (χ3v) is 6.07. The van der Waals surface area contributed by atoms with Gasteiger partial charge in [-0.05, 0) is 38.0 Å². The van der Waals surface area contributed by atoms with Crippen LogP contribution in [0.25, 0.3) is 0 Å². The zero-order valence-electron chi connectivity index (χ0n) is 16.2. The Morgan fingerprint density at radius 1 is 1.34 bits per heavy atom. The van der Waals surface area contributed by atoms with Gasteiger partial charge in [0.15, 0.2) is 5.76 Å². The van der Waals surface area contributed by atoms with Crippen LogP contribution >= 0.6 is 22.9 Å².